The molecule has 2 atom stereocenters. The molecule has 0 spiro atoms. The number of hydrogen-bond acceptors (Lipinski definition) is 8. The number of nitrogens with zero attached hydrogens (tertiary/aromatic N) is 7. The number of hydrogen-bond donors (Lipinski definition) is 0. The molecule has 5 heterocycles. The highest BCUT2D eigenvalue weighted by Gasteiger charge is 2.36. The van der Waals surface area contributed by atoms with Gasteiger partial charge in [0.05, 0.1) is 48.6 Å². The quantitative estimate of drug-likeness (QED) is 0.291. The lowest BCUT2D eigenvalue weighted by Gasteiger charge is -2.35. The lowest BCUT2D eigenvalue weighted by molar-refractivity contribution is -0.130. The van der Waals surface area contributed by atoms with Gasteiger partial charge in [-0.2, -0.15) is 0 Å². The molecule has 0 unspecified atom stereocenters. The third-order valence-corrected chi connectivity index (χ3v) is 7.63. The molecule has 13 heteroatoms. The minimum Gasteiger partial charge on any atom is -0.443 e. The van der Waals surface area contributed by atoms with E-state index in [4.69, 9.17) is 4.74 Å². The average Bonchev–Trinajstić information content (AvgIpc) is 3.59. The Morgan fingerprint density at radius 2 is 1.84 bits per heavy atom. The van der Waals surface area contributed by atoms with Crippen molar-refractivity contribution in [2.45, 2.75) is 45.0 Å². The first-order valence-corrected chi connectivity index (χ1v) is 14.6. The maximum atomic E-state index is 14.6. The first-order chi connectivity index (χ1) is 21.4. The van der Waals surface area contributed by atoms with E-state index >= 15 is 0 Å². The zero-order chi connectivity index (χ0) is 31.9. The van der Waals surface area contributed by atoms with E-state index in [0.717, 1.165) is 28.8 Å². The monoisotopic (exact) mass is 619 g/mol. The molecule has 2 aliphatic heterocycles. The highest BCUT2D eigenvalue weighted by molar-refractivity contribution is 5.95. The van der Waals surface area contributed by atoms with Crippen LogP contribution in [-0.2, 0) is 9.53 Å². The minimum absolute atomic E-state index is 0.00306. The Morgan fingerprint density at radius 3 is 2.58 bits per heavy atom. The summed E-state index contributed by atoms with van der Waals surface area (Å²) in [6.07, 6.45) is 5.02. The van der Waals surface area contributed by atoms with Crippen LogP contribution in [0, 0.1) is 11.6 Å². The molecule has 0 radical (unpaired) electrons. The SMILES string of the molecule is CC(C)(C)OC(=O)N1CCN(c2ccc(/C=C/c3cnc4ccc(N5C[C@@H](F)C[C@@H]5c5cc(F)ccc5F)nn34)nc2)CC1=O. The van der Waals surface area contributed by atoms with Crippen molar-refractivity contribution in [1.29, 1.82) is 0 Å². The molecule has 4 aromatic rings. The van der Waals surface area contributed by atoms with Gasteiger partial charge in [-0.3, -0.25) is 9.78 Å². The number of ether oxygens (including phenoxy) is 1. The van der Waals surface area contributed by atoms with Crippen molar-refractivity contribution in [1.82, 2.24) is 24.5 Å². The molecule has 3 aromatic heterocycles. The number of rotatable bonds is 5. The Kier molecular flexibility index (Phi) is 7.94. The second-order valence-electron chi connectivity index (χ2n) is 12.0. The lowest BCUT2D eigenvalue weighted by atomic mass is 10.0. The zero-order valence-electron chi connectivity index (χ0n) is 25.0. The summed E-state index contributed by atoms with van der Waals surface area (Å²) in [5.74, 6) is -1.12. The molecule has 1 aromatic carbocycles. The molecule has 2 fully saturated rings. The molecule has 2 saturated heterocycles. The van der Waals surface area contributed by atoms with Gasteiger partial charge in [0.2, 0.25) is 0 Å². The molecule has 6 rings (SSSR count). The first kappa shape index (κ1) is 30.1. The van der Waals surface area contributed by atoms with E-state index in [1.807, 2.05) is 17.0 Å². The number of imidazole rings is 1. The molecule has 0 N–H and O–H groups in total. The fourth-order valence-electron chi connectivity index (χ4n) is 5.51. The van der Waals surface area contributed by atoms with E-state index in [9.17, 15) is 22.8 Å². The third kappa shape index (κ3) is 6.47. The van der Waals surface area contributed by atoms with Crippen molar-refractivity contribution in [3.05, 3.63) is 83.4 Å². The number of halogens is 3. The predicted molar refractivity (Wildman–Crippen MR) is 162 cm³/mol. The zero-order valence-corrected chi connectivity index (χ0v) is 25.0. The van der Waals surface area contributed by atoms with Gasteiger partial charge in [0.25, 0.3) is 5.91 Å². The topological polar surface area (TPSA) is 96.2 Å². The summed E-state index contributed by atoms with van der Waals surface area (Å²) < 4.78 is 50.0. The largest absolute Gasteiger partial charge is 0.443 e. The Morgan fingerprint density at radius 1 is 1.02 bits per heavy atom. The van der Waals surface area contributed by atoms with Crippen LogP contribution in [0.25, 0.3) is 17.8 Å². The predicted octanol–water partition coefficient (Wildman–Crippen LogP) is 5.45. The minimum atomic E-state index is -1.22. The van der Waals surface area contributed by atoms with Gasteiger partial charge in [0, 0.05) is 25.1 Å². The normalized spacial score (nSPS) is 19.2. The van der Waals surface area contributed by atoms with Gasteiger partial charge in [-0.15, -0.1) is 5.10 Å². The van der Waals surface area contributed by atoms with Gasteiger partial charge in [-0.05, 0) is 75.4 Å². The Labute approximate surface area is 257 Å². The van der Waals surface area contributed by atoms with Crippen LogP contribution in [-0.4, -0.2) is 74.4 Å². The van der Waals surface area contributed by atoms with E-state index in [0.29, 0.717) is 29.4 Å². The summed E-state index contributed by atoms with van der Waals surface area (Å²) in [4.78, 5) is 38.5. The number of pyridine rings is 1. The lowest BCUT2D eigenvalue weighted by Crippen LogP contribution is -2.53. The van der Waals surface area contributed by atoms with E-state index in [-0.39, 0.29) is 37.5 Å². The Bertz CT molecular complexity index is 1770. The van der Waals surface area contributed by atoms with Crippen LogP contribution >= 0.6 is 0 Å². The Hall–Kier alpha value is -4.94. The molecule has 234 valence electrons. The maximum Gasteiger partial charge on any atom is 0.417 e. The molecule has 0 bridgehead atoms. The van der Waals surface area contributed by atoms with E-state index in [2.05, 4.69) is 15.1 Å². The summed E-state index contributed by atoms with van der Waals surface area (Å²) in [7, 11) is 0. The second kappa shape index (κ2) is 11.9. The number of benzene rings is 1. The fourth-order valence-corrected chi connectivity index (χ4v) is 5.51. The molecule has 45 heavy (non-hydrogen) atoms. The van der Waals surface area contributed by atoms with Crippen LogP contribution in [0.15, 0.2) is 54.9 Å². The van der Waals surface area contributed by atoms with Gasteiger partial charge < -0.3 is 14.5 Å². The summed E-state index contributed by atoms with van der Waals surface area (Å²) in [5.41, 5.74) is 1.97. The van der Waals surface area contributed by atoms with Crippen LogP contribution < -0.4 is 9.80 Å². The van der Waals surface area contributed by atoms with Crippen molar-refractivity contribution in [3.8, 4) is 0 Å². The number of imide groups is 1. The Balaban J connectivity index is 1.16. The third-order valence-electron chi connectivity index (χ3n) is 7.63. The fraction of sp³-hybridized carbons (Fsp3) is 0.344. The van der Waals surface area contributed by atoms with E-state index < -0.39 is 35.5 Å². The van der Waals surface area contributed by atoms with Crippen LogP contribution in [0.5, 0.6) is 0 Å². The second-order valence-corrected chi connectivity index (χ2v) is 12.0. The summed E-state index contributed by atoms with van der Waals surface area (Å²) in [6.45, 7) is 5.94. The van der Waals surface area contributed by atoms with Gasteiger partial charge in [0.15, 0.2) is 5.65 Å². The van der Waals surface area contributed by atoms with Crippen LogP contribution in [0.2, 0.25) is 0 Å². The number of anilines is 2. The number of piperazine rings is 1. The smallest absolute Gasteiger partial charge is 0.417 e. The average molecular weight is 620 g/mol. The molecule has 0 saturated carbocycles. The van der Waals surface area contributed by atoms with Crippen molar-refractivity contribution >= 4 is 41.3 Å². The number of amides is 2. The van der Waals surface area contributed by atoms with Crippen LogP contribution in [0.3, 0.4) is 0 Å². The number of carbonyl (C=O) groups excluding carboxylic acids is 2. The van der Waals surface area contributed by atoms with Gasteiger partial charge in [-0.25, -0.2) is 32.4 Å². The van der Waals surface area contributed by atoms with Crippen molar-refractivity contribution in [2.75, 3.05) is 36.0 Å². The summed E-state index contributed by atoms with van der Waals surface area (Å²) in [5, 5.41) is 4.66. The number of aromatic nitrogens is 4. The van der Waals surface area contributed by atoms with Crippen molar-refractivity contribution in [3.63, 3.8) is 0 Å². The molecule has 2 aliphatic rings. The number of alkyl halides is 1. The maximum absolute atomic E-state index is 14.6. The van der Waals surface area contributed by atoms with Crippen molar-refractivity contribution in [2.24, 2.45) is 0 Å². The first-order valence-electron chi connectivity index (χ1n) is 14.6. The van der Waals surface area contributed by atoms with Gasteiger partial charge in [0.1, 0.15) is 29.2 Å². The molecule has 0 aliphatic carbocycles. The van der Waals surface area contributed by atoms with Crippen LogP contribution in [0.1, 0.15) is 50.2 Å². The van der Waals surface area contributed by atoms with Gasteiger partial charge in [-0.1, -0.05) is 0 Å². The van der Waals surface area contributed by atoms with Crippen molar-refractivity contribution < 1.29 is 27.5 Å². The summed E-state index contributed by atoms with van der Waals surface area (Å²) in [6, 6.07) is 9.57. The molecule has 10 nitrogen and oxygen atoms in total. The van der Waals surface area contributed by atoms with Crippen LogP contribution in [0.4, 0.5) is 29.5 Å². The standard InChI is InChI=1S/C32H32F3N7O3/c1-32(2,3)45-31(44)40-13-12-39(19-30(40)43)23-7-5-22(36-16-23)6-8-24-17-37-28-10-11-29(38-42(24)28)41-18-21(34)15-27(41)25-14-20(33)4-9-26(25)35/h4-11,14,16-17,21,27H,12-13,15,18-19H2,1-3H3/b8-6+/t21-,27+/m0/s1. The number of fused-ring (bicyclic) bond motifs is 1. The summed E-state index contributed by atoms with van der Waals surface area (Å²) >= 11 is 0. The van der Waals surface area contributed by atoms with E-state index in [1.54, 1.807) is 66.9 Å². The van der Waals surface area contributed by atoms with Gasteiger partial charge >= 0.3 is 6.09 Å². The molecule has 2 amide bonds. The highest BCUT2D eigenvalue weighted by atomic mass is 19.1. The highest BCUT2D eigenvalue weighted by Crippen LogP contribution is 2.38. The number of carbonyl (C=O) groups is 2. The molecular formula is C32H32F3N7O3. The molecular weight excluding hydrogens is 587 g/mol. The van der Waals surface area contributed by atoms with E-state index in [1.165, 1.54) is 0 Å².